The number of carboxylic acids is 1. The van der Waals surface area contributed by atoms with Crippen molar-refractivity contribution in [2.24, 2.45) is 0 Å². The Morgan fingerprint density at radius 1 is 1.06 bits per heavy atom. The standard InChI is InChI=1S/C23H22N2O6S2/c26-17-10-7-15(18(27)13-17)12-19-21(29)25(23(32)33-19)11-3-1-2-4-20(28)24-16-8-5-14(6-9-16)22(30)31/h5-10,12-13,26-27H,1-4,11H2,(H,24,28)(H,30,31)/b19-12-. The summed E-state index contributed by atoms with van der Waals surface area (Å²) < 4.78 is 0.437. The van der Waals surface area contributed by atoms with Crippen LogP contribution < -0.4 is 5.32 Å². The molecule has 1 fully saturated rings. The Bertz CT molecular complexity index is 1110. The quantitative estimate of drug-likeness (QED) is 0.236. The van der Waals surface area contributed by atoms with Gasteiger partial charge in [0, 0.05) is 30.3 Å². The number of aromatic carboxylic acids is 1. The number of carboxylic acid groups (broad SMARTS) is 1. The molecule has 0 atom stereocenters. The van der Waals surface area contributed by atoms with Gasteiger partial charge in [0.2, 0.25) is 5.91 Å². The summed E-state index contributed by atoms with van der Waals surface area (Å²) in [5, 5.41) is 30.9. The van der Waals surface area contributed by atoms with Gasteiger partial charge in [-0.15, -0.1) is 0 Å². The predicted octanol–water partition coefficient (Wildman–Crippen LogP) is 4.20. The van der Waals surface area contributed by atoms with Gasteiger partial charge in [-0.05, 0) is 55.3 Å². The summed E-state index contributed by atoms with van der Waals surface area (Å²) in [6.07, 6.45) is 3.87. The molecule has 4 N–H and O–H groups in total. The monoisotopic (exact) mass is 486 g/mol. The van der Waals surface area contributed by atoms with Crippen molar-refractivity contribution in [2.45, 2.75) is 25.7 Å². The molecule has 8 nitrogen and oxygen atoms in total. The molecule has 0 aliphatic carbocycles. The summed E-state index contributed by atoms with van der Waals surface area (Å²) in [6.45, 7) is 0.432. The van der Waals surface area contributed by atoms with E-state index in [1.54, 1.807) is 18.2 Å². The van der Waals surface area contributed by atoms with Crippen molar-refractivity contribution < 1.29 is 29.7 Å². The number of phenolic OH excluding ortho intramolecular Hbond substituents is 2. The highest BCUT2D eigenvalue weighted by molar-refractivity contribution is 8.26. The van der Waals surface area contributed by atoms with Crippen molar-refractivity contribution in [3.05, 3.63) is 58.5 Å². The Labute approximate surface area is 199 Å². The first-order valence-corrected chi connectivity index (χ1v) is 11.4. The molecule has 3 rings (SSSR count). The molecule has 1 heterocycles. The molecule has 2 aromatic rings. The minimum absolute atomic E-state index is 0.0676. The molecule has 1 aliphatic heterocycles. The number of amides is 2. The van der Waals surface area contributed by atoms with E-state index in [4.69, 9.17) is 17.3 Å². The first-order chi connectivity index (χ1) is 15.7. The molecule has 0 unspecified atom stereocenters. The molecule has 0 radical (unpaired) electrons. The van der Waals surface area contributed by atoms with Crippen LogP contribution in [0.3, 0.4) is 0 Å². The van der Waals surface area contributed by atoms with E-state index < -0.39 is 5.97 Å². The highest BCUT2D eigenvalue weighted by Gasteiger charge is 2.31. The number of nitrogens with zero attached hydrogens (tertiary/aromatic N) is 1. The van der Waals surface area contributed by atoms with E-state index >= 15 is 0 Å². The molecule has 33 heavy (non-hydrogen) atoms. The summed E-state index contributed by atoms with van der Waals surface area (Å²) in [5.74, 6) is -1.62. The smallest absolute Gasteiger partial charge is 0.335 e. The topological polar surface area (TPSA) is 127 Å². The van der Waals surface area contributed by atoms with Gasteiger partial charge >= 0.3 is 5.97 Å². The lowest BCUT2D eigenvalue weighted by Gasteiger charge is -2.14. The highest BCUT2D eigenvalue weighted by atomic mass is 32.2. The number of anilines is 1. The van der Waals surface area contributed by atoms with Crippen molar-refractivity contribution in [3.63, 3.8) is 0 Å². The van der Waals surface area contributed by atoms with Gasteiger partial charge in [-0.3, -0.25) is 14.5 Å². The number of thiocarbonyl (C=S) groups is 1. The Morgan fingerprint density at radius 3 is 2.45 bits per heavy atom. The molecule has 0 bridgehead atoms. The summed E-state index contributed by atoms with van der Waals surface area (Å²) in [5.41, 5.74) is 1.10. The summed E-state index contributed by atoms with van der Waals surface area (Å²) in [6, 6.07) is 10.1. The molecule has 172 valence electrons. The van der Waals surface area contributed by atoms with Crippen LogP contribution in [0.5, 0.6) is 11.5 Å². The second-order valence-corrected chi connectivity index (χ2v) is 8.99. The van der Waals surface area contributed by atoms with E-state index in [1.807, 2.05) is 0 Å². The minimum Gasteiger partial charge on any atom is -0.508 e. The zero-order chi connectivity index (χ0) is 24.0. The summed E-state index contributed by atoms with van der Waals surface area (Å²) >= 11 is 6.46. The first kappa shape index (κ1) is 24.3. The zero-order valence-corrected chi connectivity index (χ0v) is 19.1. The first-order valence-electron chi connectivity index (χ1n) is 10.1. The van der Waals surface area contributed by atoms with E-state index in [-0.39, 0.29) is 28.9 Å². The van der Waals surface area contributed by atoms with Crippen LogP contribution in [0.25, 0.3) is 6.08 Å². The van der Waals surface area contributed by atoms with Gasteiger partial charge in [-0.1, -0.05) is 30.4 Å². The van der Waals surface area contributed by atoms with Crippen LogP contribution in [0.4, 0.5) is 5.69 Å². The molecule has 0 saturated carbocycles. The van der Waals surface area contributed by atoms with Gasteiger partial charge in [0.25, 0.3) is 5.91 Å². The Balaban J connectivity index is 1.42. The van der Waals surface area contributed by atoms with Crippen LogP contribution in [0.2, 0.25) is 0 Å². The number of thioether (sulfide) groups is 1. The van der Waals surface area contributed by atoms with Gasteiger partial charge in [-0.2, -0.15) is 0 Å². The van der Waals surface area contributed by atoms with Crippen LogP contribution >= 0.6 is 24.0 Å². The molecule has 1 aliphatic rings. The number of hydrogen-bond acceptors (Lipinski definition) is 7. The molecule has 10 heteroatoms. The molecule has 2 aromatic carbocycles. The third-order valence-electron chi connectivity index (χ3n) is 4.88. The maximum Gasteiger partial charge on any atom is 0.335 e. The summed E-state index contributed by atoms with van der Waals surface area (Å²) in [7, 11) is 0. The van der Waals surface area contributed by atoms with E-state index in [2.05, 4.69) is 5.32 Å². The van der Waals surface area contributed by atoms with Crippen LogP contribution in [0.1, 0.15) is 41.6 Å². The fourth-order valence-electron chi connectivity index (χ4n) is 3.14. The average molecular weight is 487 g/mol. The molecular formula is C23H22N2O6S2. The Kier molecular flexibility index (Phi) is 8.07. The number of rotatable bonds is 9. The SMILES string of the molecule is O=C(CCCCCN1C(=O)/C(=C/c2ccc(O)cc2O)SC1=S)Nc1ccc(C(=O)O)cc1. The molecule has 0 spiro atoms. The number of benzene rings is 2. The third kappa shape index (κ3) is 6.56. The van der Waals surface area contributed by atoms with Crippen molar-refractivity contribution in [1.82, 2.24) is 4.90 Å². The van der Waals surface area contributed by atoms with Crippen molar-refractivity contribution in [3.8, 4) is 11.5 Å². The maximum atomic E-state index is 12.7. The minimum atomic E-state index is -1.02. The molecule has 1 saturated heterocycles. The lowest BCUT2D eigenvalue weighted by Crippen LogP contribution is -2.29. The van der Waals surface area contributed by atoms with Crippen LogP contribution in [0.15, 0.2) is 47.4 Å². The third-order valence-corrected chi connectivity index (χ3v) is 6.25. The van der Waals surface area contributed by atoms with Crippen molar-refractivity contribution in [2.75, 3.05) is 11.9 Å². The number of phenols is 2. The number of hydrogen-bond donors (Lipinski definition) is 4. The van der Waals surface area contributed by atoms with Gasteiger partial charge < -0.3 is 20.6 Å². The van der Waals surface area contributed by atoms with Gasteiger partial charge in [-0.25, -0.2) is 4.79 Å². The molecule has 0 aromatic heterocycles. The number of aromatic hydroxyl groups is 2. The highest BCUT2D eigenvalue weighted by Crippen LogP contribution is 2.35. The summed E-state index contributed by atoms with van der Waals surface area (Å²) in [4.78, 5) is 37.5. The second-order valence-electron chi connectivity index (χ2n) is 7.32. The normalized spacial score (nSPS) is 14.7. The number of unbranched alkanes of at least 4 members (excludes halogenated alkanes) is 2. The Morgan fingerprint density at radius 2 is 1.79 bits per heavy atom. The van der Waals surface area contributed by atoms with Crippen LogP contribution in [-0.4, -0.2) is 48.9 Å². The van der Waals surface area contributed by atoms with Gasteiger partial charge in [0.15, 0.2) is 0 Å². The van der Waals surface area contributed by atoms with E-state index in [0.29, 0.717) is 46.3 Å². The van der Waals surface area contributed by atoms with Crippen molar-refractivity contribution in [1.29, 1.82) is 0 Å². The lowest BCUT2D eigenvalue weighted by atomic mass is 10.1. The Hall–Kier alpha value is -3.37. The lowest BCUT2D eigenvalue weighted by molar-refractivity contribution is -0.122. The largest absolute Gasteiger partial charge is 0.508 e. The zero-order valence-electron chi connectivity index (χ0n) is 17.5. The average Bonchev–Trinajstić information content (AvgIpc) is 3.03. The fourth-order valence-corrected chi connectivity index (χ4v) is 4.44. The number of carbonyl (C=O) groups is 3. The van der Waals surface area contributed by atoms with E-state index in [1.165, 1.54) is 35.2 Å². The van der Waals surface area contributed by atoms with Gasteiger partial charge in [0.1, 0.15) is 15.8 Å². The fraction of sp³-hybridized carbons (Fsp3) is 0.217. The van der Waals surface area contributed by atoms with Crippen molar-refractivity contribution >= 4 is 57.8 Å². The number of carbonyl (C=O) groups excluding carboxylic acids is 2. The molecule has 2 amide bonds. The van der Waals surface area contributed by atoms with E-state index in [0.717, 1.165) is 18.2 Å². The maximum absolute atomic E-state index is 12.7. The predicted molar refractivity (Wildman–Crippen MR) is 130 cm³/mol. The number of nitrogens with one attached hydrogen (secondary N) is 1. The van der Waals surface area contributed by atoms with Gasteiger partial charge in [0.05, 0.1) is 10.5 Å². The van der Waals surface area contributed by atoms with E-state index in [9.17, 15) is 24.6 Å². The van der Waals surface area contributed by atoms with Crippen LogP contribution in [-0.2, 0) is 9.59 Å². The van der Waals surface area contributed by atoms with Crippen LogP contribution in [0, 0.1) is 0 Å². The second kappa shape index (κ2) is 11.0. The molecular weight excluding hydrogens is 464 g/mol.